The Morgan fingerprint density at radius 1 is 1.08 bits per heavy atom. The number of hydrogen-bond donors (Lipinski definition) is 2. The molecule has 0 radical (unpaired) electrons. The van der Waals surface area contributed by atoms with Crippen molar-refractivity contribution in [3.05, 3.63) is 0 Å². The molecule has 8 atom stereocenters. The largest absolute Gasteiger partial charge is 0.393 e. The summed E-state index contributed by atoms with van der Waals surface area (Å²) in [6.45, 7) is 6.02. The predicted molar refractivity (Wildman–Crippen MR) is 93.8 cm³/mol. The molecule has 0 saturated heterocycles. The number of aliphatic hydroxyl groups excluding tert-OH is 1. The highest BCUT2D eigenvalue weighted by Gasteiger charge is 2.65. The van der Waals surface area contributed by atoms with Gasteiger partial charge in [0.15, 0.2) is 5.78 Å². The summed E-state index contributed by atoms with van der Waals surface area (Å²) in [7, 11) is 0. The average Bonchev–Trinajstić information content (AvgIpc) is 2.87. The molecule has 140 valence electrons. The maximum Gasteiger partial charge on any atom is 0.161 e. The summed E-state index contributed by atoms with van der Waals surface area (Å²) in [5, 5.41) is 21.1. The van der Waals surface area contributed by atoms with Crippen LogP contribution in [0.2, 0.25) is 0 Å². The van der Waals surface area contributed by atoms with Gasteiger partial charge in [0, 0.05) is 18.3 Å². The lowest BCUT2D eigenvalue weighted by Gasteiger charge is -2.63. The van der Waals surface area contributed by atoms with Gasteiger partial charge >= 0.3 is 0 Å². The molecule has 0 spiro atoms. The molecule has 0 aromatic heterocycles. The van der Waals surface area contributed by atoms with Crippen LogP contribution in [0.1, 0.15) is 72.1 Å². The Morgan fingerprint density at radius 3 is 2.44 bits per heavy atom. The topological polar surface area (TPSA) is 74.6 Å². The lowest BCUT2D eigenvalue weighted by Crippen LogP contribution is -2.61. The molecule has 4 fully saturated rings. The van der Waals surface area contributed by atoms with Crippen LogP contribution in [0.15, 0.2) is 0 Å². The number of carbonyl (C=O) groups is 2. The first-order valence-corrected chi connectivity index (χ1v) is 10.1. The summed E-state index contributed by atoms with van der Waals surface area (Å²) in [5.41, 5.74) is -1.33. The van der Waals surface area contributed by atoms with Gasteiger partial charge < -0.3 is 10.2 Å². The molecule has 4 saturated carbocycles. The Kier molecular flexibility index (Phi) is 3.81. The number of ketones is 2. The second kappa shape index (κ2) is 5.39. The fraction of sp³-hybridized carbons (Fsp3) is 0.905. The van der Waals surface area contributed by atoms with Gasteiger partial charge in [-0.05, 0) is 74.5 Å². The maximum absolute atomic E-state index is 13.3. The molecule has 4 nitrogen and oxygen atoms in total. The molecule has 0 amide bonds. The second-order valence-corrected chi connectivity index (χ2v) is 10.0. The molecular formula is C21H32O4. The van der Waals surface area contributed by atoms with Crippen molar-refractivity contribution in [2.45, 2.75) is 83.8 Å². The van der Waals surface area contributed by atoms with E-state index in [1.807, 2.05) is 0 Å². The van der Waals surface area contributed by atoms with Crippen LogP contribution in [-0.4, -0.2) is 33.5 Å². The van der Waals surface area contributed by atoms with E-state index in [0.29, 0.717) is 24.7 Å². The van der Waals surface area contributed by atoms with Crippen LogP contribution in [-0.2, 0) is 9.59 Å². The number of hydrogen-bond acceptors (Lipinski definition) is 4. The van der Waals surface area contributed by atoms with Crippen molar-refractivity contribution >= 4 is 11.6 Å². The van der Waals surface area contributed by atoms with Gasteiger partial charge in [0.2, 0.25) is 0 Å². The van der Waals surface area contributed by atoms with Crippen molar-refractivity contribution in [2.24, 2.45) is 34.5 Å². The van der Waals surface area contributed by atoms with Crippen LogP contribution >= 0.6 is 0 Å². The summed E-state index contributed by atoms with van der Waals surface area (Å²) in [6, 6.07) is 0. The van der Waals surface area contributed by atoms with Crippen LogP contribution in [0.5, 0.6) is 0 Å². The molecule has 0 bridgehead atoms. The van der Waals surface area contributed by atoms with Crippen LogP contribution < -0.4 is 0 Å². The molecule has 4 aliphatic carbocycles. The smallest absolute Gasteiger partial charge is 0.161 e. The van der Waals surface area contributed by atoms with Gasteiger partial charge in [0.25, 0.3) is 0 Å². The molecule has 0 aromatic carbocycles. The van der Waals surface area contributed by atoms with Crippen molar-refractivity contribution in [1.29, 1.82) is 0 Å². The van der Waals surface area contributed by atoms with E-state index in [4.69, 9.17) is 0 Å². The molecule has 8 unspecified atom stereocenters. The average molecular weight is 348 g/mol. The van der Waals surface area contributed by atoms with Gasteiger partial charge in [-0.2, -0.15) is 0 Å². The van der Waals surface area contributed by atoms with E-state index >= 15 is 0 Å². The maximum atomic E-state index is 13.3. The van der Waals surface area contributed by atoms with Gasteiger partial charge in [-0.15, -0.1) is 0 Å². The zero-order valence-corrected chi connectivity index (χ0v) is 15.8. The van der Waals surface area contributed by atoms with Crippen molar-refractivity contribution < 1.29 is 19.8 Å². The Bertz CT molecular complexity index is 615. The number of aliphatic hydroxyl groups is 2. The Hall–Kier alpha value is -0.740. The van der Waals surface area contributed by atoms with E-state index in [-0.39, 0.29) is 40.3 Å². The van der Waals surface area contributed by atoms with Crippen LogP contribution in [0.4, 0.5) is 0 Å². The van der Waals surface area contributed by atoms with Crippen molar-refractivity contribution in [3.63, 3.8) is 0 Å². The summed E-state index contributed by atoms with van der Waals surface area (Å²) in [4.78, 5) is 25.4. The van der Waals surface area contributed by atoms with Gasteiger partial charge in [-0.1, -0.05) is 13.8 Å². The highest BCUT2D eigenvalue weighted by atomic mass is 16.3. The predicted octanol–water partition coefficient (Wildman–Crippen LogP) is 2.89. The van der Waals surface area contributed by atoms with E-state index in [2.05, 4.69) is 13.8 Å². The Balaban J connectivity index is 1.70. The molecule has 4 aliphatic rings. The number of carbonyl (C=O) groups excluding carboxylic acids is 2. The first kappa shape index (κ1) is 17.7. The van der Waals surface area contributed by atoms with Crippen LogP contribution in [0.3, 0.4) is 0 Å². The lowest BCUT2D eigenvalue weighted by molar-refractivity contribution is -0.178. The highest BCUT2D eigenvalue weighted by Crippen LogP contribution is 2.67. The van der Waals surface area contributed by atoms with Gasteiger partial charge in [0.1, 0.15) is 11.4 Å². The van der Waals surface area contributed by atoms with Crippen molar-refractivity contribution in [2.75, 3.05) is 0 Å². The van der Waals surface area contributed by atoms with E-state index in [1.165, 1.54) is 6.92 Å². The SMILES string of the molecule is CC(=O)C1(O)CCC2C3CCC4(C)CC(O)CCC4(C)C3C(=O)CC21. The molecule has 4 heteroatoms. The van der Waals surface area contributed by atoms with E-state index < -0.39 is 5.60 Å². The number of Topliss-reactive ketones (excluding diaryl/α,β-unsaturated/α-hetero) is 2. The van der Waals surface area contributed by atoms with Crippen molar-refractivity contribution in [1.82, 2.24) is 0 Å². The molecule has 25 heavy (non-hydrogen) atoms. The molecular weight excluding hydrogens is 316 g/mol. The number of rotatable bonds is 1. The number of fused-ring (bicyclic) bond motifs is 5. The fourth-order valence-electron chi connectivity index (χ4n) is 7.46. The zero-order valence-electron chi connectivity index (χ0n) is 15.8. The Morgan fingerprint density at radius 2 is 1.76 bits per heavy atom. The van der Waals surface area contributed by atoms with Gasteiger partial charge in [-0.25, -0.2) is 0 Å². The fourth-order valence-corrected chi connectivity index (χ4v) is 7.46. The molecule has 0 aromatic rings. The van der Waals surface area contributed by atoms with E-state index in [1.54, 1.807) is 0 Å². The molecule has 0 heterocycles. The first-order chi connectivity index (χ1) is 11.6. The van der Waals surface area contributed by atoms with E-state index in [9.17, 15) is 19.8 Å². The zero-order chi connectivity index (χ0) is 18.2. The summed E-state index contributed by atoms with van der Waals surface area (Å²) in [5.74, 6) is 0.546. The van der Waals surface area contributed by atoms with Gasteiger partial charge in [0.05, 0.1) is 6.10 Å². The monoisotopic (exact) mass is 348 g/mol. The third-order valence-corrected chi connectivity index (χ3v) is 9.12. The summed E-state index contributed by atoms with van der Waals surface area (Å²) >= 11 is 0. The first-order valence-electron chi connectivity index (χ1n) is 10.1. The minimum Gasteiger partial charge on any atom is -0.393 e. The van der Waals surface area contributed by atoms with Gasteiger partial charge in [-0.3, -0.25) is 9.59 Å². The standard InChI is InChI=1S/C21H32O4/c1-12(22)21(25)9-6-14-15-5-7-19(2)11-13(23)4-8-20(19,3)18(15)17(24)10-16(14)21/h13-16,18,23,25H,4-11H2,1-3H3. The third-order valence-electron chi connectivity index (χ3n) is 9.12. The quantitative estimate of drug-likeness (QED) is 0.764. The van der Waals surface area contributed by atoms with Crippen LogP contribution in [0, 0.1) is 34.5 Å². The lowest BCUT2D eigenvalue weighted by atomic mass is 9.41. The Labute approximate surface area is 150 Å². The minimum absolute atomic E-state index is 0.0177. The normalized spacial score (nSPS) is 55.2. The molecule has 0 aliphatic heterocycles. The highest BCUT2D eigenvalue weighted by molar-refractivity contribution is 5.89. The second-order valence-electron chi connectivity index (χ2n) is 10.0. The summed E-state index contributed by atoms with van der Waals surface area (Å²) < 4.78 is 0. The summed E-state index contributed by atoms with van der Waals surface area (Å²) in [6.07, 6.45) is 6.02. The van der Waals surface area contributed by atoms with Crippen LogP contribution in [0.25, 0.3) is 0 Å². The molecule has 2 N–H and O–H groups in total. The van der Waals surface area contributed by atoms with Crippen molar-refractivity contribution in [3.8, 4) is 0 Å². The van der Waals surface area contributed by atoms with E-state index in [0.717, 1.165) is 38.5 Å². The molecule has 4 rings (SSSR count). The third kappa shape index (κ3) is 2.19. The minimum atomic E-state index is -1.28.